The van der Waals surface area contributed by atoms with Gasteiger partial charge in [-0.15, -0.1) is 0 Å². The van der Waals surface area contributed by atoms with Gasteiger partial charge in [-0.1, -0.05) is 17.7 Å². The van der Waals surface area contributed by atoms with Crippen molar-refractivity contribution in [2.75, 3.05) is 0 Å². The summed E-state index contributed by atoms with van der Waals surface area (Å²) in [7, 11) is 0. The molecule has 2 nitrogen and oxygen atoms in total. The molecule has 2 atom stereocenters. The molecule has 2 unspecified atom stereocenters. The molecule has 0 aliphatic carbocycles. The highest BCUT2D eigenvalue weighted by atomic mass is 35.5. The van der Waals surface area contributed by atoms with Crippen LogP contribution in [0.15, 0.2) is 18.2 Å². The van der Waals surface area contributed by atoms with Gasteiger partial charge in [0.05, 0.1) is 12.2 Å². The molecule has 2 N–H and O–H groups in total. The third-order valence-corrected chi connectivity index (χ3v) is 2.35. The van der Waals surface area contributed by atoms with Gasteiger partial charge in [0.2, 0.25) is 0 Å². The molecule has 0 radical (unpaired) electrons. The number of rotatable bonds is 3. The zero-order chi connectivity index (χ0) is 10.7. The topological polar surface area (TPSA) is 40.5 Å². The number of halogens is 2. The van der Waals surface area contributed by atoms with Gasteiger partial charge in [-0.2, -0.15) is 0 Å². The maximum Gasteiger partial charge on any atom is 0.124 e. The van der Waals surface area contributed by atoms with Crippen molar-refractivity contribution in [1.29, 1.82) is 0 Å². The lowest BCUT2D eigenvalue weighted by molar-refractivity contribution is 0.0320. The van der Waals surface area contributed by atoms with Crippen LogP contribution in [-0.2, 0) is 6.42 Å². The molecule has 0 aromatic heterocycles. The van der Waals surface area contributed by atoms with Crippen LogP contribution in [0.25, 0.3) is 0 Å². The van der Waals surface area contributed by atoms with Crippen LogP contribution in [0.5, 0.6) is 0 Å². The summed E-state index contributed by atoms with van der Waals surface area (Å²) in [5.74, 6) is -0.412. The molecular formula is C10H12ClFO2. The van der Waals surface area contributed by atoms with E-state index in [-0.39, 0.29) is 11.4 Å². The van der Waals surface area contributed by atoms with Gasteiger partial charge in [-0.3, -0.25) is 0 Å². The number of aliphatic hydroxyl groups is 2. The standard InChI is InChI=1S/C10H12ClFO2/c1-6(13)10(14)4-7-2-3-8(12)5-9(7)11/h2-3,5-6,10,13-14H,4H2,1H3. The van der Waals surface area contributed by atoms with E-state index in [1.54, 1.807) is 0 Å². The molecule has 0 saturated carbocycles. The molecular weight excluding hydrogens is 207 g/mol. The Morgan fingerprint density at radius 3 is 2.57 bits per heavy atom. The minimum atomic E-state index is -0.877. The highest BCUT2D eigenvalue weighted by molar-refractivity contribution is 6.31. The summed E-state index contributed by atoms with van der Waals surface area (Å²) in [4.78, 5) is 0. The molecule has 1 aromatic rings. The van der Waals surface area contributed by atoms with Crippen molar-refractivity contribution in [1.82, 2.24) is 0 Å². The highest BCUT2D eigenvalue weighted by Crippen LogP contribution is 2.19. The van der Waals surface area contributed by atoms with E-state index in [4.69, 9.17) is 16.7 Å². The summed E-state index contributed by atoms with van der Waals surface area (Å²) in [5.41, 5.74) is 0.626. The van der Waals surface area contributed by atoms with Crippen LogP contribution in [0.4, 0.5) is 4.39 Å². The summed E-state index contributed by atoms with van der Waals surface area (Å²) >= 11 is 5.75. The third-order valence-electron chi connectivity index (χ3n) is 2.00. The van der Waals surface area contributed by atoms with Gasteiger partial charge in [0.15, 0.2) is 0 Å². The number of hydrogen-bond acceptors (Lipinski definition) is 2. The Hall–Kier alpha value is -0.640. The monoisotopic (exact) mass is 218 g/mol. The van der Waals surface area contributed by atoms with Crippen LogP contribution in [0.1, 0.15) is 12.5 Å². The lowest BCUT2D eigenvalue weighted by Gasteiger charge is -2.14. The molecule has 0 saturated heterocycles. The predicted octanol–water partition coefficient (Wildman–Crippen LogP) is 1.76. The molecule has 0 amide bonds. The van der Waals surface area contributed by atoms with Gasteiger partial charge in [-0.25, -0.2) is 4.39 Å². The first-order valence-corrected chi connectivity index (χ1v) is 4.68. The Morgan fingerprint density at radius 1 is 1.43 bits per heavy atom. The Morgan fingerprint density at radius 2 is 2.07 bits per heavy atom. The van der Waals surface area contributed by atoms with Crippen molar-refractivity contribution in [3.8, 4) is 0 Å². The summed E-state index contributed by atoms with van der Waals surface area (Å²) < 4.78 is 12.6. The van der Waals surface area contributed by atoms with E-state index in [1.807, 2.05) is 0 Å². The zero-order valence-electron chi connectivity index (χ0n) is 7.74. The van der Waals surface area contributed by atoms with Gasteiger partial charge in [0, 0.05) is 11.4 Å². The van der Waals surface area contributed by atoms with Crippen molar-refractivity contribution in [2.45, 2.75) is 25.6 Å². The average molecular weight is 219 g/mol. The maximum absolute atomic E-state index is 12.6. The van der Waals surface area contributed by atoms with Gasteiger partial charge in [0.25, 0.3) is 0 Å². The first-order valence-electron chi connectivity index (χ1n) is 4.30. The second-order valence-electron chi connectivity index (χ2n) is 3.25. The fraction of sp³-hybridized carbons (Fsp3) is 0.400. The maximum atomic E-state index is 12.6. The average Bonchev–Trinajstić information content (AvgIpc) is 2.09. The molecule has 0 aliphatic rings. The summed E-state index contributed by atoms with van der Waals surface area (Å²) in [5, 5.41) is 18.7. The molecule has 4 heteroatoms. The van der Waals surface area contributed by atoms with E-state index >= 15 is 0 Å². The van der Waals surface area contributed by atoms with E-state index in [2.05, 4.69) is 0 Å². The van der Waals surface area contributed by atoms with Crippen LogP contribution in [0.3, 0.4) is 0 Å². The van der Waals surface area contributed by atoms with Crippen molar-refractivity contribution < 1.29 is 14.6 Å². The Labute approximate surface area is 86.9 Å². The summed E-state index contributed by atoms with van der Waals surface area (Å²) in [6, 6.07) is 3.96. The first kappa shape index (κ1) is 11.4. The van der Waals surface area contributed by atoms with Crippen molar-refractivity contribution in [3.63, 3.8) is 0 Å². The molecule has 1 rings (SSSR count). The van der Waals surface area contributed by atoms with Crippen LogP contribution >= 0.6 is 11.6 Å². The third kappa shape index (κ3) is 2.94. The van der Waals surface area contributed by atoms with E-state index in [0.29, 0.717) is 5.56 Å². The van der Waals surface area contributed by atoms with Gasteiger partial charge >= 0.3 is 0 Å². The molecule has 0 fully saturated rings. The van der Waals surface area contributed by atoms with E-state index < -0.39 is 18.0 Å². The normalized spacial score (nSPS) is 15.2. The Kier molecular flexibility index (Phi) is 3.86. The molecule has 1 aromatic carbocycles. The predicted molar refractivity (Wildman–Crippen MR) is 52.8 cm³/mol. The Balaban J connectivity index is 2.77. The van der Waals surface area contributed by atoms with Crippen LogP contribution < -0.4 is 0 Å². The van der Waals surface area contributed by atoms with Crippen molar-refractivity contribution >= 4 is 11.6 Å². The smallest absolute Gasteiger partial charge is 0.124 e. The van der Waals surface area contributed by atoms with Gasteiger partial charge in [0.1, 0.15) is 5.82 Å². The van der Waals surface area contributed by atoms with Crippen LogP contribution in [0, 0.1) is 5.82 Å². The Bertz CT molecular complexity index is 315. The first-order chi connectivity index (χ1) is 6.50. The fourth-order valence-electron chi connectivity index (χ4n) is 1.08. The molecule has 0 aliphatic heterocycles. The van der Waals surface area contributed by atoms with Crippen LogP contribution in [0.2, 0.25) is 5.02 Å². The van der Waals surface area contributed by atoms with Gasteiger partial charge in [-0.05, 0) is 24.6 Å². The minimum absolute atomic E-state index is 0.219. The second-order valence-corrected chi connectivity index (χ2v) is 3.66. The summed E-state index contributed by atoms with van der Waals surface area (Å²) in [6.45, 7) is 1.49. The summed E-state index contributed by atoms with van der Waals surface area (Å²) in [6.07, 6.45) is -1.48. The molecule has 0 spiro atoms. The highest BCUT2D eigenvalue weighted by Gasteiger charge is 2.13. The number of hydrogen-bond donors (Lipinski definition) is 2. The number of aliphatic hydroxyl groups excluding tert-OH is 2. The fourth-order valence-corrected chi connectivity index (χ4v) is 1.33. The lowest BCUT2D eigenvalue weighted by atomic mass is 10.0. The molecule has 78 valence electrons. The van der Waals surface area contributed by atoms with E-state index in [9.17, 15) is 9.50 Å². The second kappa shape index (κ2) is 4.73. The molecule has 0 heterocycles. The quantitative estimate of drug-likeness (QED) is 0.812. The largest absolute Gasteiger partial charge is 0.391 e. The number of benzene rings is 1. The van der Waals surface area contributed by atoms with Crippen LogP contribution in [-0.4, -0.2) is 22.4 Å². The molecule has 14 heavy (non-hydrogen) atoms. The SMILES string of the molecule is CC(O)C(O)Cc1ccc(F)cc1Cl. The van der Waals surface area contributed by atoms with Crippen molar-refractivity contribution in [2.24, 2.45) is 0 Å². The minimum Gasteiger partial charge on any atom is -0.391 e. The van der Waals surface area contributed by atoms with E-state index in [1.165, 1.54) is 25.1 Å². The van der Waals surface area contributed by atoms with E-state index in [0.717, 1.165) is 0 Å². The van der Waals surface area contributed by atoms with Crippen molar-refractivity contribution in [3.05, 3.63) is 34.6 Å². The zero-order valence-corrected chi connectivity index (χ0v) is 8.50. The lowest BCUT2D eigenvalue weighted by Crippen LogP contribution is -2.24. The van der Waals surface area contributed by atoms with Gasteiger partial charge < -0.3 is 10.2 Å². The molecule has 0 bridgehead atoms.